The lowest BCUT2D eigenvalue weighted by molar-refractivity contribution is 0.106. The van der Waals surface area contributed by atoms with Gasteiger partial charge in [0.15, 0.2) is 0 Å². The second-order valence-electron chi connectivity index (χ2n) is 7.02. The van der Waals surface area contributed by atoms with Crippen LogP contribution >= 0.6 is 0 Å². The fraction of sp³-hybridized carbons (Fsp3) is 0.391. The molecule has 1 aliphatic heterocycles. The molecule has 1 heterocycles. The van der Waals surface area contributed by atoms with Crippen molar-refractivity contribution < 1.29 is 0 Å². The van der Waals surface area contributed by atoms with Crippen molar-refractivity contribution in [1.82, 2.24) is 9.80 Å². The summed E-state index contributed by atoms with van der Waals surface area (Å²) in [6, 6.07) is 22.1. The van der Waals surface area contributed by atoms with E-state index in [-0.39, 0.29) is 0 Å². The topological polar surface area (TPSA) is 6.48 Å². The summed E-state index contributed by atoms with van der Waals surface area (Å²) in [4.78, 5) is 5.21. The highest BCUT2D eigenvalue weighted by molar-refractivity contribution is 5.48. The average Bonchev–Trinajstić information content (AvgIpc) is 2.68. The van der Waals surface area contributed by atoms with Crippen LogP contribution in [0.25, 0.3) is 6.08 Å². The van der Waals surface area contributed by atoms with Gasteiger partial charge in [0.25, 0.3) is 0 Å². The first-order chi connectivity index (χ1) is 12.3. The number of nitrogens with zero attached hydrogens (tertiary/aromatic N) is 2. The van der Waals surface area contributed by atoms with Gasteiger partial charge in [-0.05, 0) is 30.9 Å². The molecule has 3 rings (SSSR count). The minimum absolute atomic E-state index is 0.669. The molecular weight excluding hydrogens is 304 g/mol. The molecule has 2 heteroatoms. The van der Waals surface area contributed by atoms with Gasteiger partial charge in [0, 0.05) is 38.8 Å². The molecular formula is C23H30N2. The van der Waals surface area contributed by atoms with Gasteiger partial charge >= 0.3 is 0 Å². The van der Waals surface area contributed by atoms with E-state index in [0.29, 0.717) is 6.04 Å². The van der Waals surface area contributed by atoms with Gasteiger partial charge in [0.1, 0.15) is 0 Å². The molecule has 132 valence electrons. The Morgan fingerprint density at radius 2 is 1.52 bits per heavy atom. The predicted molar refractivity (Wildman–Crippen MR) is 108 cm³/mol. The van der Waals surface area contributed by atoms with Gasteiger partial charge in [0.2, 0.25) is 0 Å². The number of piperazine rings is 1. The predicted octanol–water partition coefficient (Wildman–Crippen LogP) is 4.34. The van der Waals surface area contributed by atoms with E-state index < -0.39 is 0 Å². The van der Waals surface area contributed by atoms with Gasteiger partial charge in [-0.1, -0.05) is 72.8 Å². The van der Waals surface area contributed by atoms with Crippen LogP contribution in [0.3, 0.4) is 0 Å². The zero-order valence-corrected chi connectivity index (χ0v) is 15.3. The Bertz CT molecular complexity index is 628. The largest absolute Gasteiger partial charge is 0.298 e. The summed E-state index contributed by atoms with van der Waals surface area (Å²) in [7, 11) is 0. The van der Waals surface area contributed by atoms with Crippen LogP contribution in [0.4, 0.5) is 0 Å². The van der Waals surface area contributed by atoms with Crippen molar-refractivity contribution in [1.29, 1.82) is 0 Å². The van der Waals surface area contributed by atoms with Gasteiger partial charge < -0.3 is 0 Å². The summed E-state index contributed by atoms with van der Waals surface area (Å²) >= 11 is 0. The molecule has 1 fully saturated rings. The van der Waals surface area contributed by atoms with Crippen molar-refractivity contribution in [3.8, 4) is 0 Å². The molecule has 0 aromatic heterocycles. The summed E-state index contributed by atoms with van der Waals surface area (Å²) < 4.78 is 0. The van der Waals surface area contributed by atoms with E-state index in [1.165, 1.54) is 50.1 Å². The van der Waals surface area contributed by atoms with E-state index in [1.807, 2.05) is 0 Å². The maximum absolute atomic E-state index is 2.65. The first kappa shape index (κ1) is 17.9. The molecule has 2 aromatic rings. The van der Waals surface area contributed by atoms with Crippen LogP contribution < -0.4 is 0 Å². The fourth-order valence-electron chi connectivity index (χ4n) is 3.49. The van der Waals surface area contributed by atoms with Crippen LogP contribution in [0.1, 0.15) is 24.5 Å². The Morgan fingerprint density at radius 1 is 0.880 bits per heavy atom. The standard InChI is InChI=1S/C23H30N2/c1-21(14-15-23-11-6-3-7-12-23)25-19-17-24(18-20-25)16-8-13-22-9-4-2-5-10-22/h2-13,21H,14-20H2,1H3/b13-8+/t21-/m0/s1. The van der Waals surface area contributed by atoms with Crippen LogP contribution in [0.2, 0.25) is 0 Å². The van der Waals surface area contributed by atoms with E-state index in [1.54, 1.807) is 0 Å². The summed E-state index contributed by atoms with van der Waals surface area (Å²) in [6.07, 6.45) is 6.96. The van der Waals surface area contributed by atoms with Crippen LogP contribution in [0, 0.1) is 0 Å². The quantitative estimate of drug-likeness (QED) is 0.743. The van der Waals surface area contributed by atoms with Crippen molar-refractivity contribution in [3.63, 3.8) is 0 Å². The molecule has 0 N–H and O–H groups in total. The highest BCUT2D eigenvalue weighted by Gasteiger charge is 2.20. The third-order valence-corrected chi connectivity index (χ3v) is 5.20. The lowest BCUT2D eigenvalue weighted by Gasteiger charge is -2.37. The average molecular weight is 335 g/mol. The number of hydrogen-bond donors (Lipinski definition) is 0. The van der Waals surface area contributed by atoms with Crippen molar-refractivity contribution in [2.45, 2.75) is 25.8 Å². The Labute approximate surface area is 152 Å². The van der Waals surface area contributed by atoms with Crippen LogP contribution in [0.15, 0.2) is 66.7 Å². The van der Waals surface area contributed by atoms with Gasteiger partial charge in [-0.15, -0.1) is 0 Å². The minimum Gasteiger partial charge on any atom is -0.298 e. The highest BCUT2D eigenvalue weighted by Crippen LogP contribution is 2.13. The van der Waals surface area contributed by atoms with E-state index in [2.05, 4.69) is 89.5 Å². The molecule has 0 saturated carbocycles. The Hall–Kier alpha value is -1.90. The molecule has 0 aliphatic carbocycles. The summed E-state index contributed by atoms with van der Waals surface area (Å²) in [5.41, 5.74) is 2.75. The monoisotopic (exact) mass is 334 g/mol. The van der Waals surface area contributed by atoms with E-state index >= 15 is 0 Å². The van der Waals surface area contributed by atoms with Crippen molar-refractivity contribution in [2.24, 2.45) is 0 Å². The molecule has 25 heavy (non-hydrogen) atoms. The summed E-state index contributed by atoms with van der Waals surface area (Å²) in [5.74, 6) is 0. The Balaban J connectivity index is 1.37. The Morgan fingerprint density at radius 3 is 2.20 bits per heavy atom. The first-order valence-electron chi connectivity index (χ1n) is 9.53. The molecule has 0 spiro atoms. The summed E-state index contributed by atoms with van der Waals surface area (Å²) in [6.45, 7) is 8.17. The van der Waals surface area contributed by atoms with Gasteiger partial charge in [-0.25, -0.2) is 0 Å². The second-order valence-corrected chi connectivity index (χ2v) is 7.02. The van der Waals surface area contributed by atoms with Crippen molar-refractivity contribution in [3.05, 3.63) is 77.9 Å². The second kappa shape index (κ2) is 9.55. The molecule has 2 nitrogen and oxygen atoms in total. The molecule has 1 aliphatic rings. The lowest BCUT2D eigenvalue weighted by atomic mass is 10.0. The SMILES string of the molecule is C[C@@H](CCc1ccccc1)N1CCN(C/C=C/c2ccccc2)CC1. The zero-order valence-electron chi connectivity index (χ0n) is 15.3. The van der Waals surface area contributed by atoms with Gasteiger partial charge in [-0.2, -0.15) is 0 Å². The molecule has 0 radical (unpaired) electrons. The molecule has 0 bridgehead atoms. The van der Waals surface area contributed by atoms with E-state index in [4.69, 9.17) is 0 Å². The zero-order chi connectivity index (χ0) is 17.3. The first-order valence-corrected chi connectivity index (χ1v) is 9.53. The molecule has 0 unspecified atom stereocenters. The normalized spacial score (nSPS) is 17.8. The number of benzene rings is 2. The highest BCUT2D eigenvalue weighted by atomic mass is 15.3. The number of rotatable bonds is 7. The van der Waals surface area contributed by atoms with Crippen LogP contribution in [0.5, 0.6) is 0 Å². The van der Waals surface area contributed by atoms with Gasteiger partial charge in [0.05, 0.1) is 0 Å². The smallest absolute Gasteiger partial charge is 0.0167 e. The maximum atomic E-state index is 2.65. The fourth-order valence-corrected chi connectivity index (χ4v) is 3.49. The molecule has 2 aromatic carbocycles. The van der Waals surface area contributed by atoms with E-state index in [9.17, 15) is 0 Å². The third-order valence-electron chi connectivity index (χ3n) is 5.20. The lowest BCUT2D eigenvalue weighted by Crippen LogP contribution is -2.49. The molecule has 1 atom stereocenters. The molecule has 0 amide bonds. The van der Waals surface area contributed by atoms with Crippen molar-refractivity contribution >= 4 is 6.08 Å². The maximum Gasteiger partial charge on any atom is 0.0167 e. The van der Waals surface area contributed by atoms with E-state index in [0.717, 1.165) is 6.54 Å². The molecule has 1 saturated heterocycles. The van der Waals surface area contributed by atoms with Crippen molar-refractivity contribution in [2.75, 3.05) is 32.7 Å². The summed E-state index contributed by atoms with van der Waals surface area (Å²) in [5, 5.41) is 0. The van der Waals surface area contributed by atoms with Crippen LogP contribution in [-0.4, -0.2) is 48.6 Å². The van der Waals surface area contributed by atoms with Crippen LogP contribution in [-0.2, 0) is 6.42 Å². The third kappa shape index (κ3) is 5.84. The Kier molecular flexibility index (Phi) is 6.84. The number of hydrogen-bond acceptors (Lipinski definition) is 2. The van der Waals surface area contributed by atoms with Gasteiger partial charge in [-0.3, -0.25) is 9.80 Å². The number of aryl methyl sites for hydroxylation is 1. The minimum atomic E-state index is 0.669.